The van der Waals surface area contributed by atoms with Crippen LogP contribution in [0.2, 0.25) is 0 Å². The third-order valence-corrected chi connectivity index (χ3v) is 8.55. The van der Waals surface area contributed by atoms with E-state index in [1.54, 1.807) is 0 Å². The molecule has 1 unspecified atom stereocenters. The average Bonchev–Trinajstić information content (AvgIpc) is 2.84. The lowest BCUT2D eigenvalue weighted by Crippen LogP contribution is -2.62. The second-order valence-corrected chi connectivity index (χ2v) is 10.5. The first-order valence-corrected chi connectivity index (χ1v) is 14.3. The van der Waals surface area contributed by atoms with Crippen LogP contribution in [0.3, 0.4) is 0 Å². The maximum atomic E-state index is 13.9. The van der Waals surface area contributed by atoms with Crippen molar-refractivity contribution in [3.05, 3.63) is 35.7 Å². The summed E-state index contributed by atoms with van der Waals surface area (Å²) in [5, 5.41) is 11.5. The molecule has 0 aromatic heterocycles. The summed E-state index contributed by atoms with van der Waals surface area (Å²) in [6.45, 7) is 9.37. The van der Waals surface area contributed by atoms with Gasteiger partial charge in [-0.2, -0.15) is 0 Å². The van der Waals surface area contributed by atoms with Gasteiger partial charge in [-0.3, -0.25) is 0 Å². The lowest BCUT2D eigenvalue weighted by molar-refractivity contribution is -0.131. The van der Waals surface area contributed by atoms with Crippen molar-refractivity contribution < 1.29 is 41.8 Å². The van der Waals surface area contributed by atoms with E-state index in [0.717, 1.165) is 18.9 Å². The fraction of sp³-hybridized carbons (Fsp3) is 0.600. The van der Waals surface area contributed by atoms with Crippen molar-refractivity contribution in [2.75, 3.05) is 33.0 Å². The number of hydrogen-bond acceptors (Lipinski definition) is 7. The molecule has 0 aliphatic carbocycles. The molecule has 0 spiro atoms. The summed E-state index contributed by atoms with van der Waals surface area (Å²) in [6, 6.07) is 4.18. The summed E-state index contributed by atoms with van der Waals surface area (Å²) in [6.07, 6.45) is 5.42. The molecule has 0 fully saturated rings. The molecule has 204 valence electrons. The van der Waals surface area contributed by atoms with E-state index in [-0.39, 0.29) is 12.4 Å². The van der Waals surface area contributed by atoms with Crippen LogP contribution in [0, 0.1) is 5.82 Å². The van der Waals surface area contributed by atoms with Crippen LogP contribution >= 0.6 is 0 Å². The normalized spacial score (nSPS) is 12.5. The molecule has 0 saturated heterocycles. The zero-order chi connectivity index (χ0) is 26.8. The van der Waals surface area contributed by atoms with Crippen molar-refractivity contribution in [1.29, 1.82) is 0 Å². The van der Waals surface area contributed by atoms with E-state index in [1.807, 2.05) is 27.7 Å². The van der Waals surface area contributed by atoms with Crippen molar-refractivity contribution in [1.82, 2.24) is 5.32 Å². The van der Waals surface area contributed by atoms with Gasteiger partial charge in [0.15, 0.2) is 11.6 Å². The number of alkyl carbamates (subject to hydrolysis) is 1. The molecule has 0 aliphatic rings. The number of carbonyl (C=O) groups excluding carboxylic acids is 1. The molecular formula is C25H40FNO8Si. The van der Waals surface area contributed by atoms with Gasteiger partial charge in [0.05, 0.1) is 13.2 Å². The predicted octanol–water partition coefficient (Wildman–Crippen LogP) is 4.96. The SMILES string of the molecule is CCO[Si](OCC)(OCC)C(CC)NC(=O)OCCCCCCOc1cc(/C=C/C(=O)O)ccc1F. The molecule has 1 amide bonds. The van der Waals surface area contributed by atoms with Gasteiger partial charge in [-0.1, -0.05) is 13.0 Å². The van der Waals surface area contributed by atoms with Crippen LogP contribution in [0.5, 0.6) is 5.75 Å². The molecule has 0 aliphatic heterocycles. The first-order valence-electron chi connectivity index (χ1n) is 12.5. The predicted molar refractivity (Wildman–Crippen MR) is 136 cm³/mol. The Bertz CT molecular complexity index is 806. The molecular weight excluding hydrogens is 489 g/mol. The minimum atomic E-state index is -3.09. The molecule has 1 rings (SSSR count). The van der Waals surface area contributed by atoms with E-state index in [1.165, 1.54) is 24.3 Å². The number of carboxylic acids is 1. The molecule has 0 radical (unpaired) electrons. The Morgan fingerprint density at radius 3 is 2.17 bits per heavy atom. The third-order valence-electron chi connectivity index (χ3n) is 5.07. The molecule has 1 aromatic rings. The van der Waals surface area contributed by atoms with Gasteiger partial charge in [-0.15, -0.1) is 0 Å². The molecule has 9 nitrogen and oxygen atoms in total. The number of aliphatic carboxylic acids is 1. The number of amides is 1. The first kappa shape index (κ1) is 31.6. The fourth-order valence-corrected chi connectivity index (χ4v) is 6.32. The summed E-state index contributed by atoms with van der Waals surface area (Å²) < 4.78 is 42.3. The van der Waals surface area contributed by atoms with Gasteiger partial charge < -0.3 is 33.2 Å². The number of rotatable bonds is 19. The van der Waals surface area contributed by atoms with Crippen molar-refractivity contribution in [2.24, 2.45) is 0 Å². The summed E-state index contributed by atoms with van der Waals surface area (Å²) in [7, 11) is -3.09. The molecule has 36 heavy (non-hydrogen) atoms. The van der Waals surface area contributed by atoms with Gasteiger partial charge in [-0.25, -0.2) is 14.0 Å². The number of halogens is 1. The Labute approximate surface area is 214 Å². The van der Waals surface area contributed by atoms with Crippen LogP contribution in [-0.2, 0) is 22.8 Å². The molecule has 1 aromatic carbocycles. The first-order chi connectivity index (χ1) is 17.3. The van der Waals surface area contributed by atoms with E-state index >= 15 is 0 Å². The average molecular weight is 530 g/mol. The molecule has 0 heterocycles. The zero-order valence-electron chi connectivity index (χ0n) is 21.7. The van der Waals surface area contributed by atoms with Gasteiger partial charge in [0.25, 0.3) is 0 Å². The Morgan fingerprint density at radius 2 is 1.61 bits per heavy atom. The molecule has 11 heteroatoms. The number of nitrogens with one attached hydrogen (secondary N) is 1. The Morgan fingerprint density at radius 1 is 1.00 bits per heavy atom. The van der Waals surface area contributed by atoms with Gasteiger partial charge in [0.1, 0.15) is 5.67 Å². The number of ether oxygens (including phenoxy) is 2. The minimum Gasteiger partial charge on any atom is -0.490 e. The highest BCUT2D eigenvalue weighted by Gasteiger charge is 2.49. The van der Waals surface area contributed by atoms with Crippen molar-refractivity contribution in [3.8, 4) is 5.75 Å². The minimum absolute atomic E-state index is 0.0822. The smallest absolute Gasteiger partial charge is 0.490 e. The summed E-state index contributed by atoms with van der Waals surface area (Å²) in [4.78, 5) is 23.0. The molecule has 0 saturated carbocycles. The zero-order valence-corrected chi connectivity index (χ0v) is 22.7. The number of unbranched alkanes of at least 4 members (excludes halogenated alkanes) is 3. The topological polar surface area (TPSA) is 113 Å². The van der Waals surface area contributed by atoms with Crippen LogP contribution in [0.1, 0.15) is 65.4 Å². The molecule has 0 bridgehead atoms. The van der Waals surface area contributed by atoms with Gasteiger partial charge >= 0.3 is 20.9 Å². The second kappa shape index (κ2) is 17.9. The van der Waals surface area contributed by atoms with Gasteiger partial charge in [0, 0.05) is 25.9 Å². The Balaban J connectivity index is 2.36. The van der Waals surface area contributed by atoms with Crippen LogP contribution in [0.25, 0.3) is 6.08 Å². The maximum Gasteiger partial charge on any atom is 0.524 e. The van der Waals surface area contributed by atoms with Crippen molar-refractivity contribution >= 4 is 26.9 Å². The van der Waals surface area contributed by atoms with E-state index < -0.39 is 32.3 Å². The summed E-state index contributed by atoms with van der Waals surface area (Å²) in [5.74, 6) is -1.50. The van der Waals surface area contributed by atoms with Crippen molar-refractivity contribution in [2.45, 2.75) is 65.5 Å². The standard InChI is InChI=1S/C25H40FNO8Si/c1-5-23(36(33-6-2,34-7-3)35-8-4)27-25(30)32-18-12-10-9-11-17-31-22-19-20(13-15-21(22)26)14-16-24(28)29/h13-16,19,23H,5-12,17-18H2,1-4H3,(H,27,30)(H,28,29)/b16-14+. The van der Waals surface area contributed by atoms with E-state index in [2.05, 4.69) is 5.32 Å². The highest BCUT2D eigenvalue weighted by Crippen LogP contribution is 2.21. The molecule has 1 atom stereocenters. The van der Waals surface area contributed by atoms with Crippen LogP contribution in [0.15, 0.2) is 24.3 Å². The number of hydrogen-bond donors (Lipinski definition) is 2. The van der Waals surface area contributed by atoms with E-state index in [9.17, 15) is 14.0 Å². The second-order valence-electron chi connectivity index (χ2n) is 7.77. The van der Waals surface area contributed by atoms with E-state index in [0.29, 0.717) is 51.3 Å². The quantitative estimate of drug-likeness (QED) is 0.147. The fourth-order valence-electron chi connectivity index (χ4n) is 3.46. The highest BCUT2D eigenvalue weighted by atomic mass is 28.4. The molecule has 2 N–H and O–H groups in total. The number of benzene rings is 1. The monoisotopic (exact) mass is 529 g/mol. The van der Waals surface area contributed by atoms with Gasteiger partial charge in [-0.05, 0) is 76.6 Å². The lowest BCUT2D eigenvalue weighted by atomic mass is 10.2. The largest absolute Gasteiger partial charge is 0.524 e. The summed E-state index contributed by atoms with van der Waals surface area (Å²) in [5.41, 5.74) is 0.138. The van der Waals surface area contributed by atoms with Crippen LogP contribution < -0.4 is 10.1 Å². The highest BCUT2D eigenvalue weighted by molar-refractivity contribution is 6.62. The van der Waals surface area contributed by atoms with Crippen LogP contribution in [0.4, 0.5) is 9.18 Å². The van der Waals surface area contributed by atoms with Gasteiger partial charge in [0.2, 0.25) is 0 Å². The Hall–Kier alpha value is -2.47. The lowest BCUT2D eigenvalue weighted by Gasteiger charge is -2.34. The van der Waals surface area contributed by atoms with Crippen LogP contribution in [-0.4, -0.2) is 64.7 Å². The van der Waals surface area contributed by atoms with Crippen molar-refractivity contribution in [3.63, 3.8) is 0 Å². The summed E-state index contributed by atoms with van der Waals surface area (Å²) >= 11 is 0. The Kier molecular flexibility index (Phi) is 15.7. The number of carboxylic acid groups (broad SMARTS) is 1. The maximum absolute atomic E-state index is 13.9. The third kappa shape index (κ3) is 11.5. The number of carbonyl (C=O) groups is 2. The van der Waals surface area contributed by atoms with E-state index in [4.69, 9.17) is 27.9 Å².